The summed E-state index contributed by atoms with van der Waals surface area (Å²) in [5, 5.41) is 3.28. The lowest BCUT2D eigenvalue weighted by Crippen LogP contribution is -2.34. The van der Waals surface area contributed by atoms with Gasteiger partial charge in [-0.2, -0.15) is 0 Å². The number of rotatable bonds is 6. The van der Waals surface area contributed by atoms with Gasteiger partial charge in [0.1, 0.15) is 0 Å². The molecule has 1 amide bonds. The second-order valence-electron chi connectivity index (χ2n) is 5.69. The summed E-state index contributed by atoms with van der Waals surface area (Å²) < 4.78 is 0. The number of allylic oxidation sites excluding steroid dienone is 2. The smallest absolute Gasteiger partial charge is 0.249 e. The molecule has 0 aromatic heterocycles. The molecule has 1 aliphatic heterocycles. The molecule has 116 valence electrons. The monoisotopic (exact) mass is 290 g/mol. The molecule has 21 heavy (non-hydrogen) atoms. The molecule has 1 aliphatic rings. The van der Waals surface area contributed by atoms with Gasteiger partial charge in [0, 0.05) is 51.1 Å². The third-order valence-electron chi connectivity index (χ3n) is 3.36. The van der Waals surface area contributed by atoms with Gasteiger partial charge in [-0.1, -0.05) is 19.9 Å². The van der Waals surface area contributed by atoms with Crippen molar-refractivity contribution in [3.63, 3.8) is 0 Å². The Kier molecular flexibility index (Phi) is 6.85. The van der Waals surface area contributed by atoms with E-state index in [0.717, 1.165) is 17.7 Å². The van der Waals surface area contributed by atoms with Crippen molar-refractivity contribution >= 4 is 18.0 Å². The number of hydrogen-bond donors (Lipinski definition) is 1. The summed E-state index contributed by atoms with van der Waals surface area (Å²) in [7, 11) is 5.28. The Hall–Kier alpha value is -1.91. The van der Waals surface area contributed by atoms with E-state index >= 15 is 0 Å². The van der Waals surface area contributed by atoms with Crippen molar-refractivity contribution in [1.29, 1.82) is 0 Å². The molecule has 0 radical (unpaired) electrons. The third kappa shape index (κ3) is 5.53. The topological polar surface area (TPSA) is 57.1 Å². The molecule has 1 N–H and O–H groups in total. The molecule has 0 fully saturated rings. The van der Waals surface area contributed by atoms with Crippen LogP contribution < -0.4 is 5.32 Å². The maximum Gasteiger partial charge on any atom is 0.249 e. The number of aliphatic imine (C=N–C) groups is 2. The number of likely N-dealkylation sites (N-methyl/N-ethyl adjacent to an activating group) is 1. The molecular formula is C16H26N4O. The molecule has 0 aliphatic carbocycles. The number of nitrogens with one attached hydrogen (secondary N) is 1. The van der Waals surface area contributed by atoms with E-state index in [9.17, 15) is 4.79 Å². The van der Waals surface area contributed by atoms with Crippen LogP contribution in [0.2, 0.25) is 0 Å². The van der Waals surface area contributed by atoms with E-state index < -0.39 is 0 Å². The first-order valence-electron chi connectivity index (χ1n) is 7.26. The summed E-state index contributed by atoms with van der Waals surface area (Å²) in [5.74, 6) is 0.484. The molecule has 1 rings (SSSR count). The average Bonchev–Trinajstić information content (AvgIpc) is 2.67. The number of hydrogen-bond acceptors (Lipinski definition) is 3. The standard InChI is InChI=1S/C16H26N4O/c1-12(2)15(19-11-17-3)10-14-9-13(7-6-8-18-14)16(21)20(4)5/h6,8-9,11-12,15H,7,10H2,1-5H3,(H,17,19). The highest BCUT2D eigenvalue weighted by atomic mass is 16.2. The second-order valence-corrected chi connectivity index (χ2v) is 5.69. The van der Waals surface area contributed by atoms with Gasteiger partial charge in [-0.3, -0.25) is 14.8 Å². The summed E-state index contributed by atoms with van der Waals surface area (Å²) in [4.78, 5) is 22.1. The van der Waals surface area contributed by atoms with Crippen LogP contribution in [0, 0.1) is 5.92 Å². The normalized spacial score (nSPS) is 16.5. The summed E-state index contributed by atoms with van der Waals surface area (Å²) in [6.07, 6.45) is 8.73. The molecule has 0 saturated heterocycles. The Bertz CT molecular complexity index is 473. The lowest BCUT2D eigenvalue weighted by molar-refractivity contribution is -0.124. The molecule has 1 atom stereocenters. The molecule has 0 aromatic carbocycles. The molecule has 0 bridgehead atoms. The van der Waals surface area contributed by atoms with Gasteiger partial charge in [0.25, 0.3) is 0 Å². The Balaban J connectivity index is 2.88. The molecule has 5 heteroatoms. The zero-order valence-corrected chi connectivity index (χ0v) is 13.6. The van der Waals surface area contributed by atoms with E-state index in [-0.39, 0.29) is 11.9 Å². The lowest BCUT2D eigenvalue weighted by Gasteiger charge is -2.21. The van der Waals surface area contributed by atoms with Crippen molar-refractivity contribution in [2.75, 3.05) is 21.1 Å². The van der Waals surface area contributed by atoms with Crippen LogP contribution in [-0.2, 0) is 4.79 Å². The third-order valence-corrected chi connectivity index (χ3v) is 3.36. The molecule has 1 unspecified atom stereocenters. The fraction of sp³-hybridized carbons (Fsp3) is 0.562. The molecule has 0 spiro atoms. The summed E-state index contributed by atoms with van der Waals surface area (Å²) in [6, 6.07) is 0.242. The van der Waals surface area contributed by atoms with Gasteiger partial charge in [0.05, 0.1) is 6.34 Å². The minimum absolute atomic E-state index is 0.0402. The van der Waals surface area contributed by atoms with Crippen LogP contribution in [0.15, 0.2) is 33.9 Å². The molecule has 1 heterocycles. The quantitative estimate of drug-likeness (QED) is 0.601. The molecule has 5 nitrogen and oxygen atoms in total. The fourth-order valence-corrected chi connectivity index (χ4v) is 2.06. The maximum absolute atomic E-state index is 12.1. The van der Waals surface area contributed by atoms with Crippen molar-refractivity contribution in [1.82, 2.24) is 10.2 Å². The van der Waals surface area contributed by atoms with Gasteiger partial charge in [-0.15, -0.1) is 0 Å². The highest BCUT2D eigenvalue weighted by molar-refractivity contribution is 6.04. The number of nitrogens with zero attached hydrogens (tertiary/aromatic N) is 3. The van der Waals surface area contributed by atoms with Crippen LogP contribution in [0.25, 0.3) is 0 Å². The van der Waals surface area contributed by atoms with Gasteiger partial charge in [-0.05, 0) is 18.4 Å². The van der Waals surface area contributed by atoms with Gasteiger partial charge in [0.15, 0.2) is 0 Å². The molecule has 0 saturated carbocycles. The summed E-state index contributed by atoms with van der Waals surface area (Å²) in [6.45, 7) is 4.31. The SMILES string of the molecule is CN=CNC(CC1=NC=CCC(C(=O)N(C)C)=C1)C(C)C. The lowest BCUT2D eigenvalue weighted by atomic mass is 9.97. The van der Waals surface area contributed by atoms with Crippen LogP contribution in [0.5, 0.6) is 0 Å². The predicted molar refractivity (Wildman–Crippen MR) is 88.8 cm³/mol. The van der Waals surface area contributed by atoms with Crippen molar-refractivity contribution in [3.8, 4) is 0 Å². The van der Waals surface area contributed by atoms with E-state index in [1.165, 1.54) is 0 Å². The van der Waals surface area contributed by atoms with Gasteiger partial charge < -0.3 is 10.2 Å². The Labute approximate surface area is 127 Å². The zero-order chi connectivity index (χ0) is 15.8. The van der Waals surface area contributed by atoms with E-state index in [1.54, 1.807) is 38.6 Å². The van der Waals surface area contributed by atoms with Crippen molar-refractivity contribution in [3.05, 3.63) is 23.9 Å². The summed E-state index contributed by atoms with van der Waals surface area (Å²) in [5.41, 5.74) is 1.70. The van der Waals surface area contributed by atoms with Crippen molar-refractivity contribution < 1.29 is 4.79 Å². The first kappa shape index (κ1) is 17.1. The van der Waals surface area contributed by atoms with Gasteiger partial charge >= 0.3 is 0 Å². The highest BCUT2D eigenvalue weighted by Gasteiger charge is 2.17. The van der Waals surface area contributed by atoms with Crippen molar-refractivity contribution in [2.45, 2.75) is 32.7 Å². The van der Waals surface area contributed by atoms with E-state index in [2.05, 4.69) is 29.1 Å². The van der Waals surface area contributed by atoms with E-state index in [1.807, 2.05) is 12.2 Å². The minimum Gasteiger partial charge on any atom is -0.373 e. The Morgan fingerprint density at radius 1 is 1.52 bits per heavy atom. The van der Waals surface area contributed by atoms with E-state index in [4.69, 9.17) is 0 Å². The van der Waals surface area contributed by atoms with Crippen LogP contribution in [0.3, 0.4) is 0 Å². The Morgan fingerprint density at radius 3 is 2.81 bits per heavy atom. The first-order chi connectivity index (χ1) is 9.95. The van der Waals surface area contributed by atoms with Gasteiger partial charge in [0.2, 0.25) is 5.91 Å². The molecule has 0 aromatic rings. The van der Waals surface area contributed by atoms with Gasteiger partial charge in [-0.25, -0.2) is 0 Å². The number of amides is 1. The Morgan fingerprint density at radius 2 is 2.24 bits per heavy atom. The fourth-order valence-electron chi connectivity index (χ4n) is 2.06. The maximum atomic E-state index is 12.1. The van der Waals surface area contributed by atoms with Crippen molar-refractivity contribution in [2.24, 2.45) is 15.9 Å². The second kappa shape index (κ2) is 8.39. The highest BCUT2D eigenvalue weighted by Crippen LogP contribution is 2.14. The van der Waals surface area contributed by atoms with E-state index in [0.29, 0.717) is 12.3 Å². The van der Waals surface area contributed by atoms with Crippen LogP contribution >= 0.6 is 0 Å². The van der Waals surface area contributed by atoms with Crippen LogP contribution in [0.1, 0.15) is 26.7 Å². The predicted octanol–water partition coefficient (Wildman–Crippen LogP) is 2.02. The van der Waals surface area contributed by atoms with Crippen LogP contribution in [0.4, 0.5) is 0 Å². The zero-order valence-electron chi connectivity index (χ0n) is 13.6. The van der Waals surface area contributed by atoms with Crippen LogP contribution in [-0.4, -0.2) is 50.0 Å². The molecular weight excluding hydrogens is 264 g/mol. The summed E-state index contributed by atoms with van der Waals surface area (Å²) >= 11 is 0. The largest absolute Gasteiger partial charge is 0.373 e. The minimum atomic E-state index is 0.0402. The average molecular weight is 290 g/mol. The first-order valence-corrected chi connectivity index (χ1v) is 7.26. The number of carbonyl (C=O) groups is 1. The number of carbonyl (C=O) groups excluding carboxylic acids is 1.